The lowest BCUT2D eigenvalue weighted by atomic mass is 10.2. The van der Waals surface area contributed by atoms with Crippen LogP contribution in [0, 0.1) is 20.8 Å². The summed E-state index contributed by atoms with van der Waals surface area (Å²) in [6.45, 7) is 8.63. The first kappa shape index (κ1) is 19.6. The minimum atomic E-state index is 0.115. The summed E-state index contributed by atoms with van der Waals surface area (Å²) in [4.78, 5) is 21.9. The molecule has 0 saturated carbocycles. The van der Waals surface area contributed by atoms with Crippen LogP contribution in [0.2, 0.25) is 0 Å². The largest absolute Gasteiger partial charge is 0.383 e. The third-order valence-corrected chi connectivity index (χ3v) is 5.64. The van der Waals surface area contributed by atoms with E-state index in [1.54, 1.807) is 7.11 Å². The number of Topliss-reactive ketones (excluding diaryl/α,β-unsaturated/α-hetero) is 1. The summed E-state index contributed by atoms with van der Waals surface area (Å²) >= 11 is 1.47. The molecular formula is C21H25N3O2S. The number of hydrogen-bond acceptors (Lipinski definition) is 5. The molecule has 0 aliphatic carbocycles. The molecule has 0 aliphatic rings. The van der Waals surface area contributed by atoms with Crippen LogP contribution in [0.3, 0.4) is 0 Å². The van der Waals surface area contributed by atoms with Crippen LogP contribution >= 0.6 is 11.8 Å². The monoisotopic (exact) mass is 383 g/mol. The summed E-state index contributed by atoms with van der Waals surface area (Å²) in [5.74, 6) is 1.18. The van der Waals surface area contributed by atoms with Crippen molar-refractivity contribution in [2.45, 2.75) is 38.8 Å². The fourth-order valence-corrected chi connectivity index (χ4v) is 4.48. The highest BCUT2D eigenvalue weighted by Gasteiger charge is 2.19. The standard InChI is InChI=1S/C21H25N3O2S/c1-13-10-18(15(3)24(13)14(2)11-26-5)20(25)12-27-21-17-8-6-7-9-19(17)22-16(4)23-21/h6-10,14H,11-12H2,1-5H3/t14-/m1/s1. The Labute approximate surface area is 164 Å². The van der Waals surface area contributed by atoms with E-state index in [4.69, 9.17) is 4.74 Å². The predicted octanol–water partition coefficient (Wildman–Crippen LogP) is 4.54. The number of thioether (sulfide) groups is 1. The van der Waals surface area contributed by atoms with Gasteiger partial charge in [0.1, 0.15) is 10.9 Å². The maximum absolute atomic E-state index is 12.9. The Morgan fingerprint density at radius 3 is 2.70 bits per heavy atom. The highest BCUT2D eigenvalue weighted by molar-refractivity contribution is 8.00. The average Bonchev–Trinajstić information content (AvgIpc) is 2.94. The number of carbonyl (C=O) groups is 1. The molecule has 3 aromatic rings. The molecule has 2 heterocycles. The average molecular weight is 384 g/mol. The van der Waals surface area contributed by atoms with Crippen molar-refractivity contribution in [1.29, 1.82) is 0 Å². The second-order valence-electron chi connectivity index (χ2n) is 6.76. The van der Waals surface area contributed by atoms with Crippen LogP contribution in [0.1, 0.15) is 40.5 Å². The number of aryl methyl sites for hydroxylation is 2. The van der Waals surface area contributed by atoms with Crippen LogP contribution in [0.15, 0.2) is 35.4 Å². The number of rotatable bonds is 7. The molecule has 0 spiro atoms. The van der Waals surface area contributed by atoms with Gasteiger partial charge < -0.3 is 9.30 Å². The Bertz CT molecular complexity index is 981. The van der Waals surface area contributed by atoms with Crippen molar-refractivity contribution in [3.8, 4) is 0 Å². The van der Waals surface area contributed by atoms with Gasteiger partial charge >= 0.3 is 0 Å². The number of fused-ring (bicyclic) bond motifs is 1. The van der Waals surface area contributed by atoms with E-state index >= 15 is 0 Å². The van der Waals surface area contributed by atoms with Crippen molar-refractivity contribution < 1.29 is 9.53 Å². The van der Waals surface area contributed by atoms with Crippen LogP contribution in [0.5, 0.6) is 0 Å². The van der Waals surface area contributed by atoms with Gasteiger partial charge in [0.2, 0.25) is 0 Å². The smallest absolute Gasteiger partial charge is 0.174 e. The van der Waals surface area contributed by atoms with Crippen LogP contribution in [0.25, 0.3) is 10.9 Å². The van der Waals surface area contributed by atoms with Gasteiger partial charge in [0.15, 0.2) is 5.78 Å². The number of ether oxygens (including phenoxy) is 1. The van der Waals surface area contributed by atoms with Crippen LogP contribution in [-0.4, -0.2) is 39.8 Å². The van der Waals surface area contributed by atoms with Crippen molar-refractivity contribution in [1.82, 2.24) is 14.5 Å². The molecule has 6 heteroatoms. The molecule has 0 radical (unpaired) electrons. The first-order chi connectivity index (χ1) is 12.9. The molecule has 0 amide bonds. The van der Waals surface area contributed by atoms with Crippen molar-refractivity contribution in [3.05, 3.63) is 53.1 Å². The fraction of sp³-hybridized carbons (Fsp3) is 0.381. The lowest BCUT2D eigenvalue weighted by Crippen LogP contribution is -2.14. The highest BCUT2D eigenvalue weighted by atomic mass is 32.2. The number of hydrogen-bond donors (Lipinski definition) is 0. The lowest BCUT2D eigenvalue weighted by Gasteiger charge is -2.17. The highest BCUT2D eigenvalue weighted by Crippen LogP contribution is 2.27. The van der Waals surface area contributed by atoms with Gasteiger partial charge in [0.05, 0.1) is 23.9 Å². The van der Waals surface area contributed by atoms with E-state index in [2.05, 4.69) is 21.5 Å². The zero-order valence-corrected chi connectivity index (χ0v) is 17.3. The Morgan fingerprint density at radius 2 is 1.96 bits per heavy atom. The number of aromatic nitrogens is 3. The van der Waals surface area contributed by atoms with Gasteiger partial charge in [-0.1, -0.05) is 30.0 Å². The third-order valence-electron chi connectivity index (χ3n) is 4.65. The van der Waals surface area contributed by atoms with Crippen LogP contribution < -0.4 is 0 Å². The van der Waals surface area contributed by atoms with E-state index in [1.165, 1.54) is 11.8 Å². The minimum absolute atomic E-state index is 0.115. The Hall–Kier alpha value is -2.18. The normalized spacial score (nSPS) is 12.5. The quantitative estimate of drug-likeness (QED) is 0.341. The molecule has 0 aliphatic heterocycles. The van der Waals surface area contributed by atoms with Crippen molar-refractivity contribution in [2.75, 3.05) is 19.5 Å². The molecule has 142 valence electrons. The predicted molar refractivity (Wildman–Crippen MR) is 110 cm³/mol. The number of carbonyl (C=O) groups excluding carboxylic acids is 1. The number of methoxy groups -OCH3 is 1. The maximum atomic E-state index is 12.9. The zero-order chi connectivity index (χ0) is 19.6. The van der Waals surface area contributed by atoms with Crippen molar-refractivity contribution in [2.24, 2.45) is 0 Å². The van der Waals surface area contributed by atoms with Gasteiger partial charge in [0.25, 0.3) is 0 Å². The molecule has 1 aromatic carbocycles. The molecule has 0 unspecified atom stereocenters. The third kappa shape index (κ3) is 4.06. The van der Waals surface area contributed by atoms with E-state index in [9.17, 15) is 4.79 Å². The van der Waals surface area contributed by atoms with Gasteiger partial charge in [-0.15, -0.1) is 0 Å². The number of para-hydroxylation sites is 1. The van der Waals surface area contributed by atoms with E-state index in [-0.39, 0.29) is 11.8 Å². The summed E-state index contributed by atoms with van der Waals surface area (Å²) in [6.07, 6.45) is 0. The first-order valence-corrected chi connectivity index (χ1v) is 9.97. The van der Waals surface area contributed by atoms with Gasteiger partial charge in [0, 0.05) is 29.4 Å². The molecule has 3 rings (SSSR count). The van der Waals surface area contributed by atoms with Gasteiger partial charge in [-0.05, 0) is 39.8 Å². The van der Waals surface area contributed by atoms with Crippen LogP contribution in [-0.2, 0) is 4.74 Å². The van der Waals surface area contributed by atoms with Gasteiger partial charge in [-0.25, -0.2) is 9.97 Å². The van der Waals surface area contributed by atoms with E-state index in [1.807, 2.05) is 51.1 Å². The molecule has 1 atom stereocenters. The van der Waals surface area contributed by atoms with E-state index in [0.29, 0.717) is 12.4 Å². The van der Waals surface area contributed by atoms with Crippen LogP contribution in [0.4, 0.5) is 0 Å². The first-order valence-electron chi connectivity index (χ1n) is 8.99. The topological polar surface area (TPSA) is 57.0 Å². The molecule has 0 fully saturated rings. The molecule has 5 nitrogen and oxygen atoms in total. The zero-order valence-electron chi connectivity index (χ0n) is 16.4. The van der Waals surface area contributed by atoms with E-state index < -0.39 is 0 Å². The van der Waals surface area contributed by atoms with Gasteiger partial charge in [-0.2, -0.15) is 0 Å². The fourth-order valence-electron chi connectivity index (χ4n) is 3.53. The summed E-state index contributed by atoms with van der Waals surface area (Å²) in [5, 5.41) is 1.84. The number of ketones is 1. The molecule has 27 heavy (non-hydrogen) atoms. The Balaban J connectivity index is 1.82. The number of nitrogens with zero attached hydrogens (tertiary/aromatic N) is 3. The summed E-state index contributed by atoms with van der Waals surface area (Å²) in [5.41, 5.74) is 3.75. The molecule has 2 aromatic heterocycles. The SMILES string of the molecule is COC[C@@H](C)n1c(C)cc(C(=O)CSc2nc(C)nc3ccccc23)c1C. The molecular weight excluding hydrogens is 358 g/mol. The Morgan fingerprint density at radius 1 is 1.22 bits per heavy atom. The second-order valence-corrected chi connectivity index (χ2v) is 7.73. The summed E-state index contributed by atoms with van der Waals surface area (Å²) < 4.78 is 7.44. The second kappa shape index (κ2) is 8.23. The maximum Gasteiger partial charge on any atom is 0.174 e. The van der Waals surface area contributed by atoms with E-state index in [0.717, 1.165) is 38.7 Å². The number of benzene rings is 1. The molecule has 0 saturated heterocycles. The summed E-state index contributed by atoms with van der Waals surface area (Å²) in [6, 6.07) is 10.1. The minimum Gasteiger partial charge on any atom is -0.383 e. The van der Waals surface area contributed by atoms with Crippen molar-refractivity contribution >= 4 is 28.4 Å². The molecule has 0 bridgehead atoms. The molecule has 0 N–H and O–H groups in total. The Kier molecular flexibility index (Phi) is 5.97. The van der Waals surface area contributed by atoms with Gasteiger partial charge in [-0.3, -0.25) is 4.79 Å². The van der Waals surface area contributed by atoms with Crippen molar-refractivity contribution in [3.63, 3.8) is 0 Å². The lowest BCUT2D eigenvalue weighted by molar-refractivity contribution is 0.102. The summed E-state index contributed by atoms with van der Waals surface area (Å²) in [7, 11) is 1.70.